The van der Waals surface area contributed by atoms with Crippen LogP contribution in [0.4, 0.5) is 0 Å². The molecule has 0 aliphatic heterocycles. The summed E-state index contributed by atoms with van der Waals surface area (Å²) in [5, 5.41) is 12.7. The predicted octanol–water partition coefficient (Wildman–Crippen LogP) is 2.04. The van der Waals surface area contributed by atoms with E-state index < -0.39 is 0 Å². The van der Waals surface area contributed by atoms with Crippen LogP contribution in [0.3, 0.4) is 0 Å². The molecule has 2 N–H and O–H groups in total. The molecule has 1 heterocycles. The summed E-state index contributed by atoms with van der Waals surface area (Å²) in [7, 11) is 0. The average Bonchev–Trinajstić information content (AvgIpc) is 3.12. The number of fused-ring (bicyclic) bond motifs is 2. The molecule has 2 aliphatic carbocycles. The number of hydrogen-bond donors (Lipinski definition) is 2. The van der Waals surface area contributed by atoms with Crippen LogP contribution in [0, 0.1) is 24.7 Å². The van der Waals surface area contributed by atoms with Crippen LogP contribution in [0.1, 0.15) is 37.2 Å². The van der Waals surface area contributed by atoms with Crippen molar-refractivity contribution in [1.82, 2.24) is 5.32 Å². The van der Waals surface area contributed by atoms with Gasteiger partial charge >= 0.3 is 0 Å². The van der Waals surface area contributed by atoms with Crippen LogP contribution in [-0.4, -0.2) is 23.7 Å². The Hall–Kier alpha value is -1.29. The minimum Gasteiger partial charge on any atom is -0.466 e. The van der Waals surface area contributed by atoms with E-state index in [4.69, 9.17) is 4.42 Å². The molecule has 0 spiro atoms. The Morgan fingerprint density at radius 1 is 1.40 bits per heavy atom. The second-order valence-corrected chi connectivity index (χ2v) is 6.29. The van der Waals surface area contributed by atoms with Crippen molar-refractivity contribution in [2.24, 2.45) is 17.8 Å². The molecule has 0 radical (unpaired) electrons. The van der Waals surface area contributed by atoms with Crippen LogP contribution < -0.4 is 5.32 Å². The van der Waals surface area contributed by atoms with Gasteiger partial charge in [0.2, 0.25) is 5.91 Å². The van der Waals surface area contributed by atoms with Crippen LogP contribution in [0.15, 0.2) is 16.5 Å². The maximum atomic E-state index is 12.1. The van der Waals surface area contributed by atoms with E-state index >= 15 is 0 Å². The molecule has 0 aromatic carbocycles. The normalized spacial score (nSPS) is 31.7. The molecule has 1 amide bonds. The van der Waals surface area contributed by atoms with Gasteiger partial charge in [-0.15, -0.1) is 0 Å². The molecule has 20 heavy (non-hydrogen) atoms. The molecule has 2 bridgehead atoms. The molecule has 4 heteroatoms. The molecule has 2 aliphatic rings. The molecule has 1 aromatic rings. The van der Waals surface area contributed by atoms with E-state index in [2.05, 4.69) is 5.32 Å². The molecule has 4 nitrogen and oxygen atoms in total. The summed E-state index contributed by atoms with van der Waals surface area (Å²) in [6, 6.07) is 4.03. The largest absolute Gasteiger partial charge is 0.466 e. The fourth-order valence-corrected chi connectivity index (χ4v) is 4.01. The lowest BCUT2D eigenvalue weighted by Crippen LogP contribution is -2.45. The first-order valence-electron chi connectivity index (χ1n) is 7.63. The van der Waals surface area contributed by atoms with Crippen molar-refractivity contribution < 1.29 is 14.3 Å². The minimum absolute atomic E-state index is 0.0788. The van der Waals surface area contributed by atoms with Crippen molar-refractivity contribution in [3.8, 4) is 0 Å². The lowest BCUT2D eigenvalue weighted by atomic mass is 9.85. The number of carbonyl (C=O) groups is 1. The standard InChI is InChI=1S/C16H23NO3/c1-10-2-5-13(20-10)6-7-15(19)17-16-12-4-3-11(8-12)14(16)9-18/h2,5,11-12,14,16,18H,3-4,6-9H2,1H3,(H,17,19). The zero-order valence-corrected chi connectivity index (χ0v) is 12.0. The molecule has 4 unspecified atom stereocenters. The smallest absolute Gasteiger partial charge is 0.220 e. The highest BCUT2D eigenvalue weighted by Crippen LogP contribution is 2.48. The first kappa shape index (κ1) is 13.7. The Balaban J connectivity index is 1.51. The van der Waals surface area contributed by atoms with Gasteiger partial charge in [0.25, 0.3) is 0 Å². The lowest BCUT2D eigenvalue weighted by molar-refractivity contribution is -0.122. The molecular weight excluding hydrogens is 254 g/mol. The SMILES string of the molecule is Cc1ccc(CCC(=O)NC2C3CCC(C3)C2CO)o1. The Bertz CT molecular complexity index is 482. The van der Waals surface area contributed by atoms with E-state index in [1.807, 2.05) is 19.1 Å². The van der Waals surface area contributed by atoms with Crippen LogP contribution >= 0.6 is 0 Å². The Labute approximate surface area is 119 Å². The molecule has 0 saturated heterocycles. The predicted molar refractivity (Wildman–Crippen MR) is 75.1 cm³/mol. The van der Waals surface area contributed by atoms with Crippen molar-refractivity contribution in [1.29, 1.82) is 0 Å². The Kier molecular flexibility index (Phi) is 3.83. The number of hydrogen-bond acceptors (Lipinski definition) is 3. The van der Waals surface area contributed by atoms with Gasteiger partial charge in [0.15, 0.2) is 0 Å². The summed E-state index contributed by atoms with van der Waals surface area (Å²) in [4.78, 5) is 12.1. The highest BCUT2D eigenvalue weighted by molar-refractivity contribution is 5.76. The quantitative estimate of drug-likeness (QED) is 0.866. The highest BCUT2D eigenvalue weighted by Gasteiger charge is 2.47. The third-order valence-electron chi connectivity index (χ3n) is 5.02. The van der Waals surface area contributed by atoms with Gasteiger partial charge in [-0.1, -0.05) is 0 Å². The van der Waals surface area contributed by atoms with Crippen LogP contribution in [-0.2, 0) is 11.2 Å². The number of aliphatic hydroxyl groups excluding tert-OH is 1. The molecule has 2 fully saturated rings. The fraction of sp³-hybridized carbons (Fsp3) is 0.688. The molecule has 1 aromatic heterocycles. The number of aryl methyl sites for hydroxylation is 2. The van der Waals surface area contributed by atoms with Gasteiger partial charge in [-0.05, 0) is 50.2 Å². The van der Waals surface area contributed by atoms with Gasteiger partial charge in [0.1, 0.15) is 11.5 Å². The highest BCUT2D eigenvalue weighted by atomic mass is 16.3. The number of rotatable bonds is 5. The van der Waals surface area contributed by atoms with E-state index in [1.54, 1.807) is 0 Å². The number of aliphatic hydroxyl groups is 1. The summed E-state index contributed by atoms with van der Waals surface area (Å²) < 4.78 is 5.48. The molecular formula is C16H23NO3. The number of amides is 1. The second kappa shape index (κ2) is 5.60. The Morgan fingerprint density at radius 3 is 2.90 bits per heavy atom. The first-order chi connectivity index (χ1) is 9.67. The van der Waals surface area contributed by atoms with Crippen molar-refractivity contribution in [2.75, 3.05) is 6.61 Å². The lowest BCUT2D eigenvalue weighted by Gasteiger charge is -2.30. The minimum atomic E-state index is 0.0788. The third kappa shape index (κ3) is 2.62. The van der Waals surface area contributed by atoms with Gasteiger partial charge in [-0.2, -0.15) is 0 Å². The van der Waals surface area contributed by atoms with Crippen molar-refractivity contribution in [2.45, 2.75) is 45.1 Å². The number of nitrogens with one attached hydrogen (secondary N) is 1. The van der Waals surface area contributed by atoms with E-state index in [1.165, 1.54) is 19.3 Å². The van der Waals surface area contributed by atoms with E-state index in [0.29, 0.717) is 24.7 Å². The molecule has 4 atom stereocenters. The van der Waals surface area contributed by atoms with Gasteiger partial charge < -0.3 is 14.8 Å². The monoisotopic (exact) mass is 277 g/mol. The number of carbonyl (C=O) groups excluding carboxylic acids is 1. The summed E-state index contributed by atoms with van der Waals surface area (Å²) in [6.45, 7) is 2.11. The molecule has 3 rings (SSSR count). The van der Waals surface area contributed by atoms with Crippen molar-refractivity contribution >= 4 is 5.91 Å². The van der Waals surface area contributed by atoms with Crippen LogP contribution in [0.25, 0.3) is 0 Å². The van der Waals surface area contributed by atoms with E-state index in [9.17, 15) is 9.90 Å². The van der Waals surface area contributed by atoms with Gasteiger partial charge in [-0.25, -0.2) is 0 Å². The van der Waals surface area contributed by atoms with Gasteiger partial charge in [-0.3, -0.25) is 4.79 Å². The summed E-state index contributed by atoms with van der Waals surface area (Å²) >= 11 is 0. The van der Waals surface area contributed by atoms with Crippen LogP contribution in [0.5, 0.6) is 0 Å². The Morgan fingerprint density at radius 2 is 2.20 bits per heavy atom. The van der Waals surface area contributed by atoms with E-state index in [0.717, 1.165) is 11.5 Å². The summed E-state index contributed by atoms with van der Waals surface area (Å²) in [6.07, 6.45) is 4.69. The van der Waals surface area contributed by atoms with Crippen LogP contribution in [0.2, 0.25) is 0 Å². The van der Waals surface area contributed by atoms with E-state index in [-0.39, 0.29) is 24.5 Å². The van der Waals surface area contributed by atoms with Crippen molar-refractivity contribution in [3.05, 3.63) is 23.7 Å². The zero-order chi connectivity index (χ0) is 14.1. The second-order valence-electron chi connectivity index (χ2n) is 6.29. The molecule has 110 valence electrons. The number of furan rings is 1. The average molecular weight is 277 g/mol. The van der Waals surface area contributed by atoms with Gasteiger partial charge in [0, 0.05) is 31.4 Å². The maximum Gasteiger partial charge on any atom is 0.220 e. The third-order valence-corrected chi connectivity index (χ3v) is 5.02. The van der Waals surface area contributed by atoms with Gasteiger partial charge in [0.05, 0.1) is 0 Å². The molecule has 2 saturated carbocycles. The zero-order valence-electron chi connectivity index (χ0n) is 12.0. The van der Waals surface area contributed by atoms with Crippen molar-refractivity contribution in [3.63, 3.8) is 0 Å². The summed E-state index contributed by atoms with van der Waals surface area (Å²) in [5.74, 6) is 3.28. The first-order valence-corrected chi connectivity index (χ1v) is 7.63. The maximum absolute atomic E-state index is 12.1. The summed E-state index contributed by atoms with van der Waals surface area (Å²) in [5.41, 5.74) is 0. The topological polar surface area (TPSA) is 62.5 Å². The fourth-order valence-electron chi connectivity index (χ4n) is 4.01.